The number of carbonyl (C=O) groups excluding carboxylic acids is 2. The van der Waals surface area contributed by atoms with Crippen molar-refractivity contribution in [2.24, 2.45) is 0 Å². The minimum Gasteiger partial charge on any atom is -0.315 e. The summed E-state index contributed by atoms with van der Waals surface area (Å²) in [5, 5.41) is 19.6. The van der Waals surface area contributed by atoms with Crippen LogP contribution in [0.3, 0.4) is 0 Å². The first-order valence-corrected chi connectivity index (χ1v) is 11.6. The first-order valence-electron chi connectivity index (χ1n) is 11.6. The third kappa shape index (κ3) is 6.70. The van der Waals surface area contributed by atoms with Crippen LogP contribution in [0.15, 0.2) is 54.6 Å². The maximum atomic E-state index is 13.0. The smallest absolute Gasteiger partial charge is 0.315 e. The number of aryl methyl sites for hydroxylation is 1. The number of aromatic nitrogens is 2. The van der Waals surface area contributed by atoms with Crippen molar-refractivity contribution in [2.75, 3.05) is 23.7 Å². The zero-order valence-corrected chi connectivity index (χ0v) is 20.9. The number of benzene rings is 2. The van der Waals surface area contributed by atoms with Crippen molar-refractivity contribution in [1.29, 1.82) is 5.26 Å². The van der Waals surface area contributed by atoms with Crippen molar-refractivity contribution in [3.63, 3.8) is 0 Å². The van der Waals surface area contributed by atoms with Crippen molar-refractivity contribution >= 4 is 23.4 Å². The summed E-state index contributed by atoms with van der Waals surface area (Å²) in [5.74, 6) is 0.220. The topological polar surface area (TPSA) is 103 Å². The van der Waals surface area contributed by atoms with Gasteiger partial charge in [0.25, 0.3) is 0 Å². The second-order valence-electron chi connectivity index (χ2n) is 9.51. The Morgan fingerprint density at radius 2 is 1.83 bits per heavy atom. The fourth-order valence-corrected chi connectivity index (χ4v) is 3.54. The average molecular weight is 473 g/mol. The zero-order chi connectivity index (χ0) is 25.6. The van der Waals surface area contributed by atoms with Crippen molar-refractivity contribution in [3.05, 3.63) is 71.4 Å². The molecule has 8 nitrogen and oxygen atoms in total. The van der Waals surface area contributed by atoms with Gasteiger partial charge in [-0.1, -0.05) is 45.9 Å². The summed E-state index contributed by atoms with van der Waals surface area (Å²) in [7, 11) is 0. The van der Waals surface area contributed by atoms with E-state index in [9.17, 15) is 9.59 Å². The van der Waals surface area contributed by atoms with Gasteiger partial charge in [0.15, 0.2) is 0 Å². The Morgan fingerprint density at radius 1 is 1.09 bits per heavy atom. The number of carbonyl (C=O) groups is 2. The normalized spacial score (nSPS) is 11.0. The summed E-state index contributed by atoms with van der Waals surface area (Å²) in [4.78, 5) is 27.4. The molecule has 0 spiro atoms. The largest absolute Gasteiger partial charge is 0.322 e. The van der Waals surface area contributed by atoms with Gasteiger partial charge in [0.2, 0.25) is 5.91 Å². The number of amides is 3. The molecule has 0 unspecified atom stereocenters. The molecular formula is C27H32N6O2. The van der Waals surface area contributed by atoms with E-state index in [2.05, 4.69) is 37.5 Å². The monoisotopic (exact) mass is 472 g/mol. The van der Waals surface area contributed by atoms with Crippen LogP contribution in [0.25, 0.3) is 5.69 Å². The molecule has 35 heavy (non-hydrogen) atoms. The van der Waals surface area contributed by atoms with Crippen LogP contribution in [-0.4, -0.2) is 39.7 Å². The molecule has 3 aromatic rings. The Kier molecular flexibility index (Phi) is 7.92. The molecule has 0 aliphatic carbocycles. The predicted molar refractivity (Wildman–Crippen MR) is 138 cm³/mol. The zero-order valence-electron chi connectivity index (χ0n) is 20.9. The van der Waals surface area contributed by atoms with E-state index in [1.807, 2.05) is 44.2 Å². The van der Waals surface area contributed by atoms with Crippen LogP contribution in [-0.2, 0) is 10.2 Å². The predicted octanol–water partition coefficient (Wildman–Crippen LogP) is 5.23. The highest BCUT2D eigenvalue weighted by Crippen LogP contribution is 2.26. The van der Waals surface area contributed by atoms with Gasteiger partial charge in [-0.05, 0) is 49.2 Å². The number of hydrogen-bond acceptors (Lipinski definition) is 4. The fourth-order valence-electron chi connectivity index (χ4n) is 3.54. The lowest BCUT2D eigenvalue weighted by Gasteiger charge is -2.22. The lowest BCUT2D eigenvalue weighted by Crippen LogP contribution is -2.41. The molecule has 182 valence electrons. The van der Waals surface area contributed by atoms with Gasteiger partial charge in [-0.25, -0.2) is 9.48 Å². The molecule has 3 amide bonds. The average Bonchev–Trinajstić information content (AvgIpc) is 3.23. The van der Waals surface area contributed by atoms with Crippen LogP contribution in [0.4, 0.5) is 16.3 Å². The highest BCUT2D eigenvalue weighted by atomic mass is 16.2. The van der Waals surface area contributed by atoms with Gasteiger partial charge in [-0.2, -0.15) is 10.4 Å². The maximum absolute atomic E-state index is 13.0. The first kappa shape index (κ1) is 25.5. The van der Waals surface area contributed by atoms with Gasteiger partial charge in [-0.15, -0.1) is 0 Å². The minimum atomic E-state index is -0.403. The molecule has 1 heterocycles. The molecule has 0 saturated carbocycles. The number of nitrogens with zero attached hydrogens (tertiary/aromatic N) is 4. The summed E-state index contributed by atoms with van der Waals surface area (Å²) in [5.41, 5.74) is 3.51. The van der Waals surface area contributed by atoms with Crippen molar-refractivity contribution in [2.45, 2.75) is 46.5 Å². The Balaban J connectivity index is 1.80. The Morgan fingerprint density at radius 3 is 2.49 bits per heavy atom. The molecule has 0 aliphatic rings. The molecule has 1 aromatic heterocycles. The van der Waals surface area contributed by atoms with Crippen LogP contribution in [0.2, 0.25) is 0 Å². The van der Waals surface area contributed by atoms with E-state index < -0.39 is 6.03 Å². The SMILES string of the molecule is CCCN(CC(=O)Nc1cc(C(C)(C)C)nn1-c1cccc(C)c1)C(=O)Nc1cccc(C#N)c1. The van der Waals surface area contributed by atoms with Gasteiger partial charge >= 0.3 is 6.03 Å². The molecule has 2 N–H and O–H groups in total. The van der Waals surface area contributed by atoms with E-state index in [-0.39, 0.29) is 17.9 Å². The number of nitriles is 1. The Labute approximate surface area is 206 Å². The Bertz CT molecular complexity index is 1250. The minimum absolute atomic E-state index is 0.124. The standard InChI is InChI=1S/C27H32N6O2/c1-6-13-32(26(35)29-21-11-8-10-20(15-21)17-28)18-25(34)30-24-16-23(27(3,4)5)31-33(24)22-12-7-9-19(2)14-22/h7-12,14-16H,6,13,18H2,1-5H3,(H,29,35)(H,30,34). The highest BCUT2D eigenvalue weighted by molar-refractivity contribution is 5.96. The summed E-state index contributed by atoms with van der Waals surface area (Å²) >= 11 is 0. The van der Waals surface area contributed by atoms with Crippen LogP contribution in [0, 0.1) is 18.3 Å². The van der Waals surface area contributed by atoms with Crippen LogP contribution >= 0.6 is 0 Å². The number of urea groups is 1. The number of anilines is 2. The number of hydrogen-bond donors (Lipinski definition) is 2. The summed E-state index contributed by atoms with van der Waals surface area (Å²) in [6.07, 6.45) is 0.689. The molecule has 0 fully saturated rings. The van der Waals surface area contributed by atoms with Gasteiger partial charge < -0.3 is 15.5 Å². The van der Waals surface area contributed by atoms with Gasteiger partial charge in [0.1, 0.15) is 12.4 Å². The van der Waals surface area contributed by atoms with E-state index in [1.165, 1.54) is 4.90 Å². The molecule has 0 radical (unpaired) electrons. The molecule has 0 atom stereocenters. The molecule has 0 saturated heterocycles. The lowest BCUT2D eigenvalue weighted by molar-refractivity contribution is -0.116. The number of nitrogens with one attached hydrogen (secondary N) is 2. The van der Waals surface area contributed by atoms with Gasteiger partial charge in [0.05, 0.1) is 23.0 Å². The lowest BCUT2D eigenvalue weighted by atomic mass is 9.92. The van der Waals surface area contributed by atoms with E-state index in [0.717, 1.165) is 16.9 Å². The fraction of sp³-hybridized carbons (Fsp3) is 0.333. The van der Waals surface area contributed by atoms with E-state index in [0.29, 0.717) is 30.0 Å². The molecule has 2 aromatic carbocycles. The van der Waals surface area contributed by atoms with Crippen LogP contribution < -0.4 is 10.6 Å². The quantitative estimate of drug-likeness (QED) is 0.491. The van der Waals surface area contributed by atoms with E-state index in [4.69, 9.17) is 10.4 Å². The maximum Gasteiger partial charge on any atom is 0.322 e. The van der Waals surface area contributed by atoms with Crippen molar-refractivity contribution < 1.29 is 9.59 Å². The summed E-state index contributed by atoms with van der Waals surface area (Å²) < 4.78 is 1.73. The third-order valence-corrected chi connectivity index (χ3v) is 5.35. The van der Waals surface area contributed by atoms with Crippen molar-refractivity contribution in [3.8, 4) is 11.8 Å². The Hall–Kier alpha value is -4.12. The first-order chi connectivity index (χ1) is 16.6. The number of rotatable bonds is 7. The highest BCUT2D eigenvalue weighted by Gasteiger charge is 2.23. The second kappa shape index (κ2) is 10.9. The van der Waals surface area contributed by atoms with E-state index in [1.54, 1.807) is 28.9 Å². The summed E-state index contributed by atoms with van der Waals surface area (Å²) in [6.45, 7) is 10.4. The van der Waals surface area contributed by atoms with Crippen LogP contribution in [0.5, 0.6) is 0 Å². The van der Waals surface area contributed by atoms with Crippen LogP contribution in [0.1, 0.15) is 50.9 Å². The molecule has 0 aliphatic heterocycles. The molecule has 3 rings (SSSR count). The van der Waals surface area contributed by atoms with Gasteiger partial charge in [0, 0.05) is 23.7 Å². The summed E-state index contributed by atoms with van der Waals surface area (Å²) in [6, 6.07) is 18.1. The third-order valence-electron chi connectivity index (χ3n) is 5.35. The van der Waals surface area contributed by atoms with Gasteiger partial charge in [-0.3, -0.25) is 4.79 Å². The molecular weight excluding hydrogens is 440 g/mol. The molecule has 8 heteroatoms. The van der Waals surface area contributed by atoms with Crippen molar-refractivity contribution in [1.82, 2.24) is 14.7 Å². The van der Waals surface area contributed by atoms with E-state index >= 15 is 0 Å². The second-order valence-corrected chi connectivity index (χ2v) is 9.51. The molecule has 0 bridgehead atoms.